The Morgan fingerprint density at radius 3 is 1.38 bits per heavy atom. The number of benzene rings is 2. The lowest BCUT2D eigenvalue weighted by atomic mass is 9.96. The highest BCUT2D eigenvalue weighted by Gasteiger charge is 2.15. The minimum absolute atomic E-state index is 1.24. The molecule has 0 aliphatic heterocycles. The first-order valence-corrected chi connectivity index (χ1v) is 11.2. The van der Waals surface area contributed by atoms with Crippen LogP contribution in [-0.2, 0) is 35.3 Å². The van der Waals surface area contributed by atoms with Gasteiger partial charge in [0.05, 0.1) is 0 Å². The van der Waals surface area contributed by atoms with E-state index in [1.807, 2.05) is 0 Å². The molecule has 0 unspecified atom stereocenters. The van der Waals surface area contributed by atoms with Crippen LogP contribution >= 0.6 is 0 Å². The Morgan fingerprint density at radius 2 is 0.969 bits per heavy atom. The number of fused-ring (bicyclic) bond motifs is 6. The normalized spacial score (nSPS) is 14.4. The molecule has 0 saturated heterocycles. The van der Waals surface area contributed by atoms with Crippen molar-refractivity contribution in [3.63, 3.8) is 0 Å². The Hall–Kier alpha value is -3.54. The van der Waals surface area contributed by atoms with E-state index in [1.165, 1.54) is 84.6 Å². The second-order valence-corrected chi connectivity index (χ2v) is 8.28. The molecule has 0 radical (unpaired) electrons. The first kappa shape index (κ1) is 21.7. The van der Waals surface area contributed by atoms with Crippen molar-refractivity contribution < 1.29 is 19.8 Å². The van der Waals surface area contributed by atoms with Crippen LogP contribution in [-0.4, -0.2) is 32.1 Å². The Bertz CT molecular complexity index is 1150. The molecule has 2 aliphatic rings. The van der Waals surface area contributed by atoms with Gasteiger partial charge in [-0.1, -0.05) is 36.4 Å². The Balaban J connectivity index is 0.000000124. The van der Waals surface area contributed by atoms with Gasteiger partial charge in [0, 0.05) is 33.2 Å². The molecular weight excluding hydrogens is 404 g/mol. The van der Waals surface area contributed by atoms with E-state index in [0.29, 0.717) is 0 Å². The first-order valence-electron chi connectivity index (χ1n) is 11.2. The maximum atomic E-state index is 9.10. The van der Waals surface area contributed by atoms with Gasteiger partial charge in [0.2, 0.25) is 0 Å². The summed E-state index contributed by atoms with van der Waals surface area (Å²) >= 11 is 0. The number of para-hydroxylation sites is 2. The molecule has 0 bridgehead atoms. The maximum absolute atomic E-state index is 9.10. The van der Waals surface area contributed by atoms with Crippen LogP contribution in [0.15, 0.2) is 48.5 Å². The van der Waals surface area contributed by atoms with Crippen molar-refractivity contribution in [1.82, 2.24) is 9.97 Å². The summed E-state index contributed by atoms with van der Waals surface area (Å²) in [6.07, 6.45) is 10.4. The standard InChI is InChI=1S/2C12H13N.C2H2O4/c2*1-3-7-11-9(5-1)10-6-2-4-8-12(10)13-11;3-1(4)2(5)6/h2*1,3,5,7,13H,2,4,6,8H2;(H,3,4)(H,5,6). The Morgan fingerprint density at radius 1 is 0.594 bits per heavy atom. The van der Waals surface area contributed by atoms with E-state index in [-0.39, 0.29) is 0 Å². The van der Waals surface area contributed by atoms with Crippen molar-refractivity contribution in [2.24, 2.45) is 0 Å². The third kappa shape index (κ3) is 4.69. The number of rotatable bonds is 0. The van der Waals surface area contributed by atoms with Gasteiger partial charge in [-0.15, -0.1) is 0 Å². The third-order valence-corrected chi connectivity index (χ3v) is 6.19. The van der Waals surface area contributed by atoms with Crippen LogP contribution in [0.1, 0.15) is 48.2 Å². The zero-order valence-electron chi connectivity index (χ0n) is 18.0. The average Bonchev–Trinajstić information content (AvgIpc) is 3.38. The Kier molecular flexibility index (Phi) is 6.59. The summed E-state index contributed by atoms with van der Waals surface area (Å²) in [5.41, 5.74) is 8.73. The SMILES string of the molecule is O=C(O)C(=O)O.c1ccc2c3c([nH]c2c1)CCCC3.c1ccc2c3c([nH]c2c1)CCCC3. The molecule has 2 aliphatic carbocycles. The van der Waals surface area contributed by atoms with Gasteiger partial charge in [0.15, 0.2) is 0 Å². The number of hydrogen-bond donors (Lipinski definition) is 4. The van der Waals surface area contributed by atoms with Gasteiger partial charge < -0.3 is 20.2 Å². The molecule has 0 saturated carbocycles. The molecule has 0 spiro atoms. The highest BCUT2D eigenvalue weighted by atomic mass is 16.4. The van der Waals surface area contributed by atoms with Gasteiger partial charge in [-0.25, -0.2) is 9.59 Å². The Labute approximate surface area is 186 Å². The molecule has 2 heterocycles. The van der Waals surface area contributed by atoms with Crippen LogP contribution < -0.4 is 0 Å². The van der Waals surface area contributed by atoms with Gasteiger partial charge in [-0.05, 0) is 74.6 Å². The second-order valence-electron chi connectivity index (χ2n) is 8.28. The number of nitrogens with one attached hydrogen (secondary N) is 2. The predicted octanol–water partition coefficient (Wildman–Crippen LogP) is 5.25. The van der Waals surface area contributed by atoms with E-state index < -0.39 is 11.9 Å². The molecule has 2 aromatic carbocycles. The van der Waals surface area contributed by atoms with E-state index in [1.54, 1.807) is 11.1 Å². The van der Waals surface area contributed by atoms with Crippen molar-refractivity contribution in [2.75, 3.05) is 0 Å². The minimum atomic E-state index is -1.82. The summed E-state index contributed by atoms with van der Waals surface area (Å²) in [7, 11) is 0. The molecule has 4 N–H and O–H groups in total. The van der Waals surface area contributed by atoms with Crippen LogP contribution in [0.25, 0.3) is 21.8 Å². The van der Waals surface area contributed by atoms with E-state index in [0.717, 1.165) is 0 Å². The van der Waals surface area contributed by atoms with Crippen LogP contribution in [0.4, 0.5) is 0 Å². The maximum Gasteiger partial charge on any atom is 0.414 e. The van der Waals surface area contributed by atoms with Crippen molar-refractivity contribution in [1.29, 1.82) is 0 Å². The molecule has 6 heteroatoms. The molecule has 2 aromatic heterocycles. The molecule has 0 atom stereocenters. The largest absolute Gasteiger partial charge is 0.473 e. The third-order valence-electron chi connectivity index (χ3n) is 6.19. The topological polar surface area (TPSA) is 106 Å². The quantitative estimate of drug-likeness (QED) is 0.285. The van der Waals surface area contributed by atoms with Gasteiger partial charge >= 0.3 is 11.9 Å². The predicted molar refractivity (Wildman–Crippen MR) is 125 cm³/mol. The lowest BCUT2D eigenvalue weighted by Crippen LogP contribution is -2.09. The second kappa shape index (κ2) is 9.73. The van der Waals surface area contributed by atoms with E-state index in [2.05, 4.69) is 58.5 Å². The summed E-state index contributed by atoms with van der Waals surface area (Å²) < 4.78 is 0. The lowest BCUT2D eigenvalue weighted by molar-refractivity contribution is -0.159. The number of aromatic nitrogens is 2. The first-order chi connectivity index (χ1) is 15.5. The fourth-order valence-electron chi connectivity index (χ4n) is 4.72. The molecule has 0 fully saturated rings. The van der Waals surface area contributed by atoms with Gasteiger partial charge in [0.1, 0.15) is 0 Å². The van der Waals surface area contributed by atoms with Gasteiger partial charge in [-0.3, -0.25) is 0 Å². The summed E-state index contributed by atoms with van der Waals surface area (Å²) in [5, 5.41) is 17.7. The smallest absolute Gasteiger partial charge is 0.414 e. The summed E-state index contributed by atoms with van der Waals surface area (Å²) in [5.74, 6) is -3.65. The number of carbonyl (C=O) groups is 2. The molecule has 32 heavy (non-hydrogen) atoms. The molecule has 6 nitrogen and oxygen atoms in total. The monoisotopic (exact) mass is 432 g/mol. The molecule has 4 aromatic rings. The van der Waals surface area contributed by atoms with Crippen LogP contribution in [0.5, 0.6) is 0 Å². The molecule has 166 valence electrons. The van der Waals surface area contributed by atoms with Crippen LogP contribution in [0, 0.1) is 0 Å². The molecule has 0 amide bonds. The highest BCUT2D eigenvalue weighted by Crippen LogP contribution is 2.29. The lowest BCUT2D eigenvalue weighted by Gasteiger charge is -2.10. The number of hydrogen-bond acceptors (Lipinski definition) is 2. The summed E-state index contributed by atoms with van der Waals surface area (Å²) in [6.45, 7) is 0. The minimum Gasteiger partial charge on any atom is -0.473 e. The molecule has 6 rings (SSSR count). The van der Waals surface area contributed by atoms with Gasteiger partial charge in [0.25, 0.3) is 0 Å². The molecular formula is C26H28N2O4. The summed E-state index contributed by atoms with van der Waals surface area (Å²) in [6, 6.07) is 17.3. The van der Waals surface area contributed by atoms with Crippen molar-refractivity contribution in [2.45, 2.75) is 51.4 Å². The van der Waals surface area contributed by atoms with Gasteiger partial charge in [-0.2, -0.15) is 0 Å². The van der Waals surface area contributed by atoms with Crippen LogP contribution in [0.3, 0.4) is 0 Å². The fraction of sp³-hybridized carbons (Fsp3) is 0.308. The van der Waals surface area contributed by atoms with Crippen molar-refractivity contribution in [3.05, 3.63) is 71.0 Å². The van der Waals surface area contributed by atoms with Crippen molar-refractivity contribution >= 4 is 33.7 Å². The number of aryl methyl sites for hydroxylation is 4. The van der Waals surface area contributed by atoms with E-state index in [4.69, 9.17) is 19.8 Å². The average molecular weight is 433 g/mol. The zero-order chi connectivity index (χ0) is 22.5. The number of aliphatic carboxylic acids is 2. The number of carboxylic acids is 2. The van der Waals surface area contributed by atoms with E-state index >= 15 is 0 Å². The fourth-order valence-corrected chi connectivity index (χ4v) is 4.72. The summed E-state index contributed by atoms with van der Waals surface area (Å²) in [4.78, 5) is 25.2. The number of carboxylic acid groups (broad SMARTS) is 2. The van der Waals surface area contributed by atoms with E-state index in [9.17, 15) is 0 Å². The van der Waals surface area contributed by atoms with Crippen LogP contribution in [0.2, 0.25) is 0 Å². The highest BCUT2D eigenvalue weighted by molar-refractivity contribution is 6.27. The van der Waals surface area contributed by atoms with Crippen molar-refractivity contribution in [3.8, 4) is 0 Å². The number of H-pyrrole nitrogens is 2. The number of aromatic amines is 2. The zero-order valence-corrected chi connectivity index (χ0v) is 18.0.